The highest BCUT2D eigenvalue weighted by Crippen LogP contribution is 2.43. The molecule has 0 spiro atoms. The number of aliphatic carboxylic acids is 1. The number of nitrogen functional groups attached to an aromatic ring is 1. The highest BCUT2D eigenvalue weighted by atomic mass is 16.4. The lowest BCUT2D eigenvalue weighted by molar-refractivity contribution is -0.138. The van der Waals surface area contributed by atoms with Gasteiger partial charge in [-0.15, -0.1) is 0 Å². The lowest BCUT2D eigenvalue weighted by Crippen LogP contribution is -2.19. The van der Waals surface area contributed by atoms with E-state index in [4.69, 9.17) is 10.7 Å². The number of carboxylic acids is 1. The van der Waals surface area contributed by atoms with Crippen LogP contribution in [0.3, 0.4) is 0 Å². The topological polar surface area (TPSA) is 106 Å². The van der Waals surface area contributed by atoms with Gasteiger partial charge in [0.15, 0.2) is 5.65 Å². The molecule has 1 fully saturated rings. The van der Waals surface area contributed by atoms with Gasteiger partial charge in [0.25, 0.3) is 0 Å². The summed E-state index contributed by atoms with van der Waals surface area (Å²) in [6.45, 7) is 6.29. The molecule has 1 aliphatic rings. The van der Waals surface area contributed by atoms with Crippen molar-refractivity contribution >= 4 is 23.5 Å². The SMILES string of the molecule is CC=Cc1cc(-c2cnn3c(N)c(-c4ccncc4)c(C4CCC(CC(=O)O)CC4)nc23)cc(C)c1C. The van der Waals surface area contributed by atoms with E-state index < -0.39 is 5.97 Å². The molecule has 0 amide bonds. The minimum Gasteiger partial charge on any atom is -0.481 e. The fourth-order valence-electron chi connectivity index (χ4n) is 5.63. The summed E-state index contributed by atoms with van der Waals surface area (Å²) in [5.74, 6) is 0.244. The summed E-state index contributed by atoms with van der Waals surface area (Å²) in [6, 6.07) is 8.28. The quantitative estimate of drug-likeness (QED) is 0.319. The van der Waals surface area contributed by atoms with Crippen molar-refractivity contribution in [3.05, 3.63) is 71.3 Å². The third-order valence-corrected chi connectivity index (χ3v) is 7.74. The number of nitrogens with zero attached hydrogens (tertiary/aromatic N) is 4. The molecule has 0 bridgehead atoms. The second-order valence-corrected chi connectivity index (χ2v) is 10.1. The zero-order valence-corrected chi connectivity index (χ0v) is 21.6. The second-order valence-electron chi connectivity index (χ2n) is 10.1. The first kappa shape index (κ1) is 24.7. The largest absolute Gasteiger partial charge is 0.481 e. The van der Waals surface area contributed by atoms with E-state index in [0.29, 0.717) is 5.82 Å². The number of rotatable bonds is 6. The number of fused-ring (bicyclic) bond motifs is 1. The van der Waals surface area contributed by atoms with Gasteiger partial charge in [0.05, 0.1) is 11.9 Å². The smallest absolute Gasteiger partial charge is 0.303 e. The number of pyridine rings is 1. The Morgan fingerprint density at radius 1 is 1.14 bits per heavy atom. The Morgan fingerprint density at radius 3 is 2.54 bits per heavy atom. The van der Waals surface area contributed by atoms with Crippen LogP contribution in [0, 0.1) is 19.8 Å². The Balaban J connectivity index is 1.66. The van der Waals surface area contributed by atoms with E-state index in [-0.39, 0.29) is 18.3 Å². The van der Waals surface area contributed by atoms with E-state index >= 15 is 0 Å². The number of carboxylic acid groups (broad SMARTS) is 1. The van der Waals surface area contributed by atoms with E-state index in [1.165, 1.54) is 16.7 Å². The van der Waals surface area contributed by atoms with Crippen LogP contribution in [0.5, 0.6) is 0 Å². The summed E-state index contributed by atoms with van der Waals surface area (Å²) in [6.07, 6.45) is 13.3. The fourth-order valence-corrected chi connectivity index (χ4v) is 5.63. The van der Waals surface area contributed by atoms with Gasteiger partial charge in [-0.05, 0) is 98.4 Å². The van der Waals surface area contributed by atoms with Crippen LogP contribution in [0.4, 0.5) is 5.82 Å². The maximum atomic E-state index is 11.3. The average molecular weight is 496 g/mol. The third-order valence-electron chi connectivity index (χ3n) is 7.74. The zero-order chi connectivity index (χ0) is 26.1. The predicted octanol–water partition coefficient (Wildman–Crippen LogP) is 6.44. The van der Waals surface area contributed by atoms with Gasteiger partial charge in [-0.1, -0.05) is 18.2 Å². The minimum atomic E-state index is -0.723. The normalized spacial score (nSPS) is 18.0. The van der Waals surface area contributed by atoms with Crippen LogP contribution in [0.1, 0.15) is 67.3 Å². The molecular formula is C30H33N5O2. The number of anilines is 1. The third kappa shape index (κ3) is 4.73. The van der Waals surface area contributed by atoms with Crippen molar-refractivity contribution in [3.63, 3.8) is 0 Å². The minimum absolute atomic E-state index is 0.196. The average Bonchev–Trinajstić information content (AvgIpc) is 3.32. The van der Waals surface area contributed by atoms with Crippen molar-refractivity contribution in [2.24, 2.45) is 5.92 Å². The highest BCUT2D eigenvalue weighted by molar-refractivity contribution is 5.85. The molecule has 3 N–H and O–H groups in total. The van der Waals surface area contributed by atoms with Crippen LogP contribution in [0.25, 0.3) is 34.0 Å². The molecule has 190 valence electrons. The van der Waals surface area contributed by atoms with E-state index in [0.717, 1.165) is 59.3 Å². The number of benzene rings is 1. The maximum absolute atomic E-state index is 11.3. The van der Waals surface area contributed by atoms with Crippen LogP contribution >= 0.6 is 0 Å². The lowest BCUT2D eigenvalue weighted by atomic mass is 9.77. The van der Waals surface area contributed by atoms with Crippen molar-refractivity contribution in [1.29, 1.82) is 0 Å². The van der Waals surface area contributed by atoms with Crippen molar-refractivity contribution in [3.8, 4) is 22.3 Å². The summed E-state index contributed by atoms with van der Waals surface area (Å²) in [4.78, 5) is 20.7. The van der Waals surface area contributed by atoms with Crippen molar-refractivity contribution in [1.82, 2.24) is 19.6 Å². The highest BCUT2D eigenvalue weighted by Gasteiger charge is 2.29. The van der Waals surface area contributed by atoms with Gasteiger partial charge in [-0.3, -0.25) is 9.78 Å². The first-order valence-electron chi connectivity index (χ1n) is 12.9. The van der Waals surface area contributed by atoms with E-state index in [1.807, 2.05) is 25.3 Å². The molecule has 1 saturated carbocycles. The molecule has 0 atom stereocenters. The van der Waals surface area contributed by atoms with Crippen LogP contribution < -0.4 is 5.73 Å². The Labute approximate surface area is 217 Å². The van der Waals surface area contributed by atoms with Crippen LogP contribution in [-0.4, -0.2) is 30.7 Å². The molecule has 4 aromatic rings. The summed E-state index contributed by atoms with van der Waals surface area (Å²) in [5.41, 5.74) is 16.0. The summed E-state index contributed by atoms with van der Waals surface area (Å²) in [5, 5.41) is 13.9. The molecule has 5 rings (SSSR count). The first-order valence-corrected chi connectivity index (χ1v) is 12.9. The number of aromatic nitrogens is 4. The number of aryl methyl sites for hydroxylation is 1. The standard InChI is InChI=1S/C30H33N5O2/c1-4-5-23-16-24(14-18(2)19(23)3)25-17-33-35-29(31)27(21-10-12-32-13-11-21)28(34-30(25)35)22-8-6-20(7-9-22)15-26(36)37/h4-5,10-14,16-17,20,22H,6-9,15,31H2,1-3H3,(H,36,37). The van der Waals surface area contributed by atoms with Crippen molar-refractivity contribution in [2.45, 2.75) is 58.8 Å². The molecule has 3 heterocycles. The monoisotopic (exact) mass is 495 g/mol. The molecule has 1 aliphatic carbocycles. The number of hydrogen-bond donors (Lipinski definition) is 2. The predicted molar refractivity (Wildman–Crippen MR) is 147 cm³/mol. The summed E-state index contributed by atoms with van der Waals surface area (Å²) in [7, 11) is 0. The van der Waals surface area contributed by atoms with Gasteiger partial charge in [0.2, 0.25) is 0 Å². The Bertz CT molecular complexity index is 1480. The Kier molecular flexibility index (Phi) is 6.78. The molecule has 1 aromatic carbocycles. The molecule has 37 heavy (non-hydrogen) atoms. The molecule has 7 nitrogen and oxygen atoms in total. The molecule has 0 radical (unpaired) electrons. The number of nitrogens with two attached hydrogens (primary N) is 1. The van der Waals surface area contributed by atoms with Crippen molar-refractivity contribution < 1.29 is 9.90 Å². The van der Waals surface area contributed by atoms with Crippen LogP contribution in [0.2, 0.25) is 0 Å². The maximum Gasteiger partial charge on any atom is 0.303 e. The number of carbonyl (C=O) groups is 1. The zero-order valence-electron chi connectivity index (χ0n) is 21.6. The number of hydrogen-bond acceptors (Lipinski definition) is 5. The number of allylic oxidation sites excluding steroid dienone is 1. The van der Waals surface area contributed by atoms with Gasteiger partial charge in [0.1, 0.15) is 5.82 Å². The summed E-state index contributed by atoms with van der Waals surface area (Å²) >= 11 is 0. The van der Waals surface area contributed by atoms with Crippen molar-refractivity contribution in [2.75, 3.05) is 5.73 Å². The molecule has 0 aliphatic heterocycles. The lowest BCUT2D eigenvalue weighted by Gasteiger charge is -2.29. The van der Waals surface area contributed by atoms with Gasteiger partial charge in [-0.25, -0.2) is 4.98 Å². The van der Waals surface area contributed by atoms with E-state index in [2.05, 4.69) is 48.2 Å². The Hall–Kier alpha value is -4.00. The molecular weight excluding hydrogens is 462 g/mol. The van der Waals surface area contributed by atoms with E-state index in [1.54, 1.807) is 16.9 Å². The molecule has 0 unspecified atom stereocenters. The first-order chi connectivity index (χ1) is 17.9. The van der Waals surface area contributed by atoms with Gasteiger partial charge >= 0.3 is 5.97 Å². The molecule has 7 heteroatoms. The van der Waals surface area contributed by atoms with Crippen LogP contribution in [-0.2, 0) is 4.79 Å². The molecule has 3 aromatic heterocycles. The van der Waals surface area contributed by atoms with E-state index in [9.17, 15) is 9.90 Å². The van der Waals surface area contributed by atoms with Gasteiger partial charge in [0, 0.05) is 35.9 Å². The van der Waals surface area contributed by atoms with Gasteiger partial charge in [-0.2, -0.15) is 9.61 Å². The molecule has 0 saturated heterocycles. The van der Waals surface area contributed by atoms with Gasteiger partial charge < -0.3 is 10.8 Å². The van der Waals surface area contributed by atoms with Crippen LogP contribution in [0.15, 0.2) is 48.9 Å². The Morgan fingerprint density at radius 2 is 1.86 bits per heavy atom. The fraction of sp³-hybridized carbons (Fsp3) is 0.333. The second kappa shape index (κ2) is 10.2. The summed E-state index contributed by atoms with van der Waals surface area (Å²) < 4.78 is 1.75.